The van der Waals surface area contributed by atoms with Gasteiger partial charge in [-0.1, -0.05) is 18.1 Å². The van der Waals surface area contributed by atoms with Crippen molar-refractivity contribution in [2.75, 3.05) is 5.32 Å². The fourth-order valence-corrected chi connectivity index (χ4v) is 2.59. The Morgan fingerprint density at radius 3 is 2.55 bits per heavy atom. The second kappa shape index (κ2) is 9.98. The number of halogens is 4. The predicted octanol–water partition coefficient (Wildman–Crippen LogP) is 5.01. The number of ether oxygens (including phenoxy) is 1. The van der Waals surface area contributed by atoms with Crippen LogP contribution in [0.1, 0.15) is 27.2 Å². The molecule has 0 fully saturated rings. The smallest absolute Gasteiger partial charge is 0.433 e. The molecule has 31 heavy (non-hydrogen) atoms. The molecular formula is C22H17ClF3N3O2. The predicted molar refractivity (Wildman–Crippen MR) is 113 cm³/mol. The van der Waals surface area contributed by atoms with Crippen molar-refractivity contribution in [1.82, 2.24) is 4.98 Å². The summed E-state index contributed by atoms with van der Waals surface area (Å²) >= 11 is 0. The second-order valence-corrected chi connectivity index (χ2v) is 6.21. The summed E-state index contributed by atoms with van der Waals surface area (Å²) in [6.07, 6.45) is 0.708. The van der Waals surface area contributed by atoms with Gasteiger partial charge in [0.2, 0.25) is 5.88 Å². The molecule has 1 aromatic heterocycles. The van der Waals surface area contributed by atoms with Crippen LogP contribution in [0.2, 0.25) is 0 Å². The molecule has 5 nitrogen and oxygen atoms in total. The molecule has 0 unspecified atom stereocenters. The van der Waals surface area contributed by atoms with Crippen molar-refractivity contribution in [2.45, 2.75) is 12.7 Å². The van der Waals surface area contributed by atoms with Crippen LogP contribution >= 0.6 is 12.4 Å². The maximum atomic E-state index is 13.0. The van der Waals surface area contributed by atoms with Gasteiger partial charge in [-0.3, -0.25) is 4.79 Å². The molecule has 0 aliphatic heterocycles. The van der Waals surface area contributed by atoms with E-state index >= 15 is 0 Å². The molecule has 0 saturated carbocycles. The first-order chi connectivity index (χ1) is 14.3. The number of hydrogen-bond donors (Lipinski definition) is 2. The highest BCUT2D eigenvalue weighted by atomic mass is 35.5. The molecule has 0 aliphatic rings. The van der Waals surface area contributed by atoms with E-state index in [1.54, 1.807) is 30.3 Å². The number of benzene rings is 2. The first kappa shape index (κ1) is 23.7. The normalized spacial score (nSPS) is 10.5. The van der Waals surface area contributed by atoms with E-state index in [4.69, 9.17) is 16.9 Å². The van der Waals surface area contributed by atoms with Crippen molar-refractivity contribution in [1.29, 1.82) is 0 Å². The van der Waals surface area contributed by atoms with Gasteiger partial charge in [-0.25, -0.2) is 4.98 Å². The van der Waals surface area contributed by atoms with Gasteiger partial charge in [-0.2, -0.15) is 13.2 Å². The standard InChI is InChI=1S/C22H16F3N3O2.ClH/c1-2-14-5-3-7-17(9-14)27-21(29)16-6-4-8-18(12-16)30-20-11-15(13-26)10-19(28-20)22(23,24)25;/h1,3-12H,13,26H2,(H,27,29);1H. The molecule has 3 N–H and O–H groups in total. The highest BCUT2D eigenvalue weighted by Gasteiger charge is 2.33. The molecule has 160 valence electrons. The lowest BCUT2D eigenvalue weighted by Crippen LogP contribution is -2.12. The number of amides is 1. The maximum absolute atomic E-state index is 13.0. The number of anilines is 1. The zero-order valence-corrected chi connectivity index (χ0v) is 16.8. The lowest BCUT2D eigenvalue weighted by Gasteiger charge is -2.12. The second-order valence-electron chi connectivity index (χ2n) is 6.21. The van der Waals surface area contributed by atoms with Crippen LogP contribution in [0.15, 0.2) is 60.7 Å². The molecule has 0 radical (unpaired) electrons. The summed E-state index contributed by atoms with van der Waals surface area (Å²) in [7, 11) is 0. The van der Waals surface area contributed by atoms with Crippen molar-refractivity contribution < 1.29 is 22.7 Å². The number of rotatable bonds is 5. The average molecular weight is 448 g/mol. The largest absolute Gasteiger partial charge is 0.439 e. The van der Waals surface area contributed by atoms with Crippen LogP contribution in [0.5, 0.6) is 11.6 Å². The molecule has 0 atom stereocenters. The van der Waals surface area contributed by atoms with Crippen molar-refractivity contribution in [3.63, 3.8) is 0 Å². The van der Waals surface area contributed by atoms with Crippen LogP contribution in [0, 0.1) is 12.3 Å². The number of carbonyl (C=O) groups excluding carboxylic acids is 1. The topological polar surface area (TPSA) is 77.2 Å². The Kier molecular flexibility index (Phi) is 7.64. The molecule has 2 aromatic carbocycles. The number of terminal acetylenes is 1. The lowest BCUT2D eigenvalue weighted by atomic mass is 10.1. The number of alkyl halides is 3. The summed E-state index contributed by atoms with van der Waals surface area (Å²) in [6, 6.07) is 14.9. The van der Waals surface area contributed by atoms with Gasteiger partial charge < -0.3 is 15.8 Å². The van der Waals surface area contributed by atoms with Gasteiger partial charge in [-0.15, -0.1) is 18.8 Å². The van der Waals surface area contributed by atoms with E-state index in [0.29, 0.717) is 11.3 Å². The number of hydrogen-bond acceptors (Lipinski definition) is 4. The Morgan fingerprint density at radius 2 is 1.87 bits per heavy atom. The van der Waals surface area contributed by atoms with Crippen LogP contribution in [0.25, 0.3) is 0 Å². The van der Waals surface area contributed by atoms with Gasteiger partial charge in [0.05, 0.1) is 0 Å². The molecule has 0 saturated heterocycles. The summed E-state index contributed by atoms with van der Waals surface area (Å²) in [5.41, 5.74) is 5.93. The molecule has 9 heteroatoms. The van der Waals surface area contributed by atoms with Gasteiger partial charge in [0.25, 0.3) is 5.91 Å². The summed E-state index contributed by atoms with van der Waals surface area (Å²) in [6.45, 7) is -0.110. The van der Waals surface area contributed by atoms with E-state index < -0.39 is 17.8 Å². The quantitative estimate of drug-likeness (QED) is 0.539. The van der Waals surface area contributed by atoms with Crippen molar-refractivity contribution >= 4 is 24.0 Å². The Labute approximate surface area is 182 Å². The SMILES string of the molecule is C#Cc1cccc(NC(=O)c2cccc(Oc3cc(CN)cc(C(F)(F)F)n3)c2)c1.Cl. The molecule has 0 bridgehead atoms. The number of aromatic nitrogens is 1. The minimum atomic E-state index is -4.64. The molecule has 1 heterocycles. The van der Waals surface area contributed by atoms with Crippen molar-refractivity contribution in [2.24, 2.45) is 5.73 Å². The fourth-order valence-electron chi connectivity index (χ4n) is 2.59. The zero-order valence-electron chi connectivity index (χ0n) is 15.9. The minimum absolute atomic E-state index is 0. The first-order valence-corrected chi connectivity index (χ1v) is 8.72. The van der Waals surface area contributed by atoms with Crippen LogP contribution in [0.4, 0.5) is 18.9 Å². The zero-order chi connectivity index (χ0) is 21.7. The van der Waals surface area contributed by atoms with Gasteiger partial charge in [-0.05, 0) is 48.0 Å². The molecule has 3 rings (SSSR count). The number of nitrogens with one attached hydrogen (secondary N) is 1. The Morgan fingerprint density at radius 1 is 1.13 bits per heavy atom. The highest BCUT2D eigenvalue weighted by Crippen LogP contribution is 2.31. The van der Waals surface area contributed by atoms with Crippen molar-refractivity contribution in [3.8, 4) is 24.0 Å². The van der Waals surface area contributed by atoms with E-state index in [0.717, 1.165) is 6.07 Å². The van der Waals surface area contributed by atoms with E-state index in [-0.39, 0.29) is 41.7 Å². The molecule has 0 aliphatic carbocycles. The third kappa shape index (κ3) is 6.22. The van der Waals surface area contributed by atoms with E-state index in [1.165, 1.54) is 24.3 Å². The van der Waals surface area contributed by atoms with Crippen LogP contribution in [-0.4, -0.2) is 10.9 Å². The minimum Gasteiger partial charge on any atom is -0.439 e. The third-order valence-corrected chi connectivity index (χ3v) is 3.99. The van der Waals surface area contributed by atoms with Crippen LogP contribution in [0.3, 0.4) is 0 Å². The number of carbonyl (C=O) groups is 1. The van der Waals surface area contributed by atoms with Gasteiger partial charge >= 0.3 is 6.18 Å². The van der Waals surface area contributed by atoms with E-state index in [2.05, 4.69) is 16.2 Å². The Hall–Kier alpha value is -3.54. The monoisotopic (exact) mass is 447 g/mol. The fraction of sp³-hybridized carbons (Fsp3) is 0.0909. The molecular weight excluding hydrogens is 431 g/mol. The first-order valence-electron chi connectivity index (χ1n) is 8.72. The average Bonchev–Trinajstić information content (AvgIpc) is 2.73. The number of pyridine rings is 1. The van der Waals surface area contributed by atoms with Crippen LogP contribution < -0.4 is 15.8 Å². The third-order valence-electron chi connectivity index (χ3n) is 3.99. The molecule has 0 spiro atoms. The summed E-state index contributed by atoms with van der Waals surface area (Å²) in [5.74, 6) is 1.91. The van der Waals surface area contributed by atoms with Gasteiger partial charge in [0, 0.05) is 29.4 Å². The number of nitrogens with zero attached hydrogens (tertiary/aromatic N) is 1. The summed E-state index contributed by atoms with van der Waals surface area (Å²) < 4.78 is 44.6. The molecule has 1 amide bonds. The van der Waals surface area contributed by atoms with Crippen molar-refractivity contribution in [3.05, 3.63) is 83.0 Å². The maximum Gasteiger partial charge on any atom is 0.433 e. The van der Waals surface area contributed by atoms with Gasteiger partial charge in [0.15, 0.2) is 0 Å². The Bertz CT molecular complexity index is 1130. The lowest BCUT2D eigenvalue weighted by molar-refractivity contribution is -0.141. The summed E-state index contributed by atoms with van der Waals surface area (Å²) in [4.78, 5) is 16.0. The Balaban J connectivity index is 0.00000341. The molecule has 3 aromatic rings. The van der Waals surface area contributed by atoms with Crippen LogP contribution in [-0.2, 0) is 12.7 Å². The highest BCUT2D eigenvalue weighted by molar-refractivity contribution is 6.04. The number of nitrogens with two attached hydrogens (primary N) is 1. The summed E-state index contributed by atoms with van der Waals surface area (Å²) in [5, 5.41) is 2.70. The van der Waals surface area contributed by atoms with Gasteiger partial charge in [0.1, 0.15) is 11.4 Å². The van der Waals surface area contributed by atoms with E-state index in [9.17, 15) is 18.0 Å². The van der Waals surface area contributed by atoms with E-state index in [1.807, 2.05) is 0 Å².